The molecule has 2 rings (SSSR count). The van der Waals surface area contributed by atoms with Crippen molar-refractivity contribution in [3.63, 3.8) is 0 Å². The monoisotopic (exact) mass is 320 g/mol. The van der Waals surface area contributed by atoms with Gasteiger partial charge in [-0.05, 0) is 19.3 Å². The molecule has 0 bridgehead atoms. The van der Waals surface area contributed by atoms with Crippen LogP contribution in [0.25, 0.3) is 0 Å². The molecule has 0 aromatic carbocycles. The van der Waals surface area contributed by atoms with E-state index in [4.69, 9.17) is 5.11 Å². The molecule has 0 spiro atoms. The van der Waals surface area contributed by atoms with Gasteiger partial charge < -0.3 is 10.4 Å². The summed E-state index contributed by atoms with van der Waals surface area (Å²) < 4.78 is 39.1. The number of carbonyl (C=O) groups is 2. The molecule has 2 atom stereocenters. The van der Waals surface area contributed by atoms with E-state index < -0.39 is 30.0 Å². The number of hydrogen-bond acceptors (Lipinski definition) is 4. The van der Waals surface area contributed by atoms with Gasteiger partial charge in [0.25, 0.3) is 0 Å². The van der Waals surface area contributed by atoms with E-state index in [1.54, 1.807) is 0 Å². The molecule has 1 heterocycles. The average molecular weight is 320 g/mol. The summed E-state index contributed by atoms with van der Waals surface area (Å²) in [5.41, 5.74) is -0.303. The van der Waals surface area contributed by atoms with Gasteiger partial charge >= 0.3 is 12.1 Å². The molecular formula is C12H15F3N4O3. The van der Waals surface area contributed by atoms with Crippen LogP contribution in [-0.2, 0) is 11.3 Å². The summed E-state index contributed by atoms with van der Waals surface area (Å²) in [6.07, 6.45) is -2.31. The molecule has 2 N–H and O–H groups in total. The number of halogens is 3. The number of hydrogen-bond donors (Lipinski definition) is 2. The molecule has 22 heavy (non-hydrogen) atoms. The molecular weight excluding hydrogens is 305 g/mol. The van der Waals surface area contributed by atoms with E-state index in [0.29, 0.717) is 12.8 Å². The van der Waals surface area contributed by atoms with Crippen LogP contribution in [0, 0.1) is 5.92 Å². The van der Waals surface area contributed by atoms with Gasteiger partial charge in [-0.2, -0.15) is 13.2 Å². The van der Waals surface area contributed by atoms with Crippen LogP contribution >= 0.6 is 0 Å². The Bertz CT molecular complexity index is 558. The van der Waals surface area contributed by atoms with E-state index in [0.717, 1.165) is 10.9 Å². The van der Waals surface area contributed by atoms with Crippen molar-refractivity contribution in [2.45, 2.75) is 44.4 Å². The highest BCUT2D eigenvalue weighted by atomic mass is 19.4. The van der Waals surface area contributed by atoms with E-state index >= 15 is 0 Å². The Morgan fingerprint density at radius 2 is 2.14 bits per heavy atom. The van der Waals surface area contributed by atoms with Crippen molar-refractivity contribution in [3.05, 3.63) is 11.9 Å². The van der Waals surface area contributed by atoms with Gasteiger partial charge in [-0.1, -0.05) is 11.6 Å². The SMILES string of the molecule is O=C(Cn1cc(C(=O)O)nn1)NC1CCCC(C(F)(F)F)C1. The molecule has 1 fully saturated rings. The van der Waals surface area contributed by atoms with Crippen LogP contribution in [0.15, 0.2) is 6.20 Å². The van der Waals surface area contributed by atoms with E-state index in [-0.39, 0.29) is 25.1 Å². The zero-order chi connectivity index (χ0) is 16.3. The molecule has 1 saturated carbocycles. The lowest BCUT2D eigenvalue weighted by Gasteiger charge is -2.30. The maximum atomic E-state index is 12.7. The molecule has 1 aromatic rings. The molecule has 1 aliphatic carbocycles. The number of carboxylic acids is 1. The average Bonchev–Trinajstić information content (AvgIpc) is 2.86. The van der Waals surface area contributed by atoms with Gasteiger partial charge in [0.15, 0.2) is 5.69 Å². The van der Waals surface area contributed by atoms with E-state index in [9.17, 15) is 22.8 Å². The minimum Gasteiger partial charge on any atom is -0.476 e. The summed E-state index contributed by atoms with van der Waals surface area (Å²) in [6, 6.07) is -0.532. The Labute approximate surface area is 123 Å². The van der Waals surface area contributed by atoms with Crippen LogP contribution in [0.5, 0.6) is 0 Å². The lowest BCUT2D eigenvalue weighted by Crippen LogP contribution is -2.42. The fraction of sp³-hybridized carbons (Fsp3) is 0.667. The lowest BCUT2D eigenvalue weighted by molar-refractivity contribution is -0.184. The van der Waals surface area contributed by atoms with Gasteiger partial charge in [-0.25, -0.2) is 9.48 Å². The highest BCUT2D eigenvalue weighted by Crippen LogP contribution is 2.37. The molecule has 7 nitrogen and oxygen atoms in total. The minimum atomic E-state index is -4.24. The highest BCUT2D eigenvalue weighted by molar-refractivity contribution is 5.84. The molecule has 0 radical (unpaired) electrons. The summed E-state index contributed by atoms with van der Waals surface area (Å²) >= 11 is 0. The van der Waals surface area contributed by atoms with Gasteiger partial charge in [0, 0.05) is 6.04 Å². The highest BCUT2D eigenvalue weighted by Gasteiger charge is 2.42. The second-order valence-electron chi connectivity index (χ2n) is 5.28. The summed E-state index contributed by atoms with van der Waals surface area (Å²) in [5.74, 6) is -3.18. The third-order valence-corrected chi connectivity index (χ3v) is 3.57. The number of alkyl halides is 3. The van der Waals surface area contributed by atoms with Crippen molar-refractivity contribution in [1.29, 1.82) is 0 Å². The summed E-state index contributed by atoms with van der Waals surface area (Å²) in [4.78, 5) is 22.4. The topological polar surface area (TPSA) is 97.1 Å². The number of amides is 1. The normalized spacial score (nSPS) is 22.3. The van der Waals surface area contributed by atoms with Gasteiger partial charge in [0.1, 0.15) is 6.54 Å². The van der Waals surface area contributed by atoms with E-state index in [1.165, 1.54) is 0 Å². The molecule has 0 saturated heterocycles. The maximum Gasteiger partial charge on any atom is 0.391 e. The number of aromatic carboxylic acids is 1. The van der Waals surface area contributed by atoms with Gasteiger partial charge in [-0.15, -0.1) is 5.10 Å². The molecule has 122 valence electrons. The first kappa shape index (κ1) is 16.2. The van der Waals surface area contributed by atoms with Crippen LogP contribution < -0.4 is 5.32 Å². The molecule has 1 aromatic heterocycles. The first-order valence-electron chi connectivity index (χ1n) is 6.75. The van der Waals surface area contributed by atoms with Crippen molar-refractivity contribution < 1.29 is 27.9 Å². The van der Waals surface area contributed by atoms with Crippen molar-refractivity contribution in [2.24, 2.45) is 5.92 Å². The van der Waals surface area contributed by atoms with Crippen LogP contribution in [0.2, 0.25) is 0 Å². The van der Waals surface area contributed by atoms with Crippen molar-refractivity contribution in [2.75, 3.05) is 0 Å². The van der Waals surface area contributed by atoms with Crippen molar-refractivity contribution in [3.8, 4) is 0 Å². The fourth-order valence-electron chi connectivity index (χ4n) is 2.51. The third-order valence-electron chi connectivity index (χ3n) is 3.57. The molecule has 1 amide bonds. The largest absolute Gasteiger partial charge is 0.476 e. The van der Waals surface area contributed by atoms with Gasteiger partial charge in [0.05, 0.1) is 12.1 Å². The Morgan fingerprint density at radius 1 is 1.41 bits per heavy atom. The van der Waals surface area contributed by atoms with E-state index in [1.807, 2.05) is 0 Å². The van der Waals surface area contributed by atoms with E-state index in [2.05, 4.69) is 15.6 Å². The van der Waals surface area contributed by atoms with Crippen LogP contribution in [0.3, 0.4) is 0 Å². The number of nitrogens with one attached hydrogen (secondary N) is 1. The number of aromatic nitrogens is 3. The zero-order valence-corrected chi connectivity index (χ0v) is 11.5. The molecule has 1 aliphatic rings. The summed E-state index contributed by atoms with van der Waals surface area (Å²) in [5, 5.41) is 18.0. The molecule has 2 unspecified atom stereocenters. The molecule has 0 aliphatic heterocycles. The van der Waals surface area contributed by atoms with Crippen molar-refractivity contribution in [1.82, 2.24) is 20.3 Å². The zero-order valence-electron chi connectivity index (χ0n) is 11.5. The summed E-state index contributed by atoms with van der Waals surface area (Å²) in [6.45, 7) is -0.284. The Balaban J connectivity index is 1.87. The summed E-state index contributed by atoms with van der Waals surface area (Å²) in [7, 11) is 0. The van der Waals surface area contributed by atoms with Crippen LogP contribution in [0.1, 0.15) is 36.2 Å². The van der Waals surface area contributed by atoms with Gasteiger partial charge in [0.2, 0.25) is 5.91 Å². The quantitative estimate of drug-likeness (QED) is 0.869. The Morgan fingerprint density at radius 3 is 2.73 bits per heavy atom. The van der Waals surface area contributed by atoms with Crippen LogP contribution in [-0.4, -0.2) is 44.2 Å². The minimum absolute atomic E-state index is 0.0842. The second kappa shape index (κ2) is 6.32. The standard InChI is InChI=1S/C12H15F3N4O3/c13-12(14,15)7-2-1-3-8(4-7)16-10(20)6-19-5-9(11(21)22)17-18-19/h5,7-8H,1-4,6H2,(H,16,20)(H,21,22). The van der Waals surface area contributed by atoms with Crippen LogP contribution in [0.4, 0.5) is 13.2 Å². The Hall–Kier alpha value is -2.13. The van der Waals surface area contributed by atoms with Gasteiger partial charge in [-0.3, -0.25) is 4.79 Å². The first-order chi connectivity index (χ1) is 10.3. The Kier molecular flexibility index (Phi) is 4.67. The van der Waals surface area contributed by atoms with Crippen molar-refractivity contribution >= 4 is 11.9 Å². The predicted octanol–water partition coefficient (Wildman–Crippen LogP) is 1.21. The fourth-order valence-corrected chi connectivity index (χ4v) is 2.51. The lowest BCUT2D eigenvalue weighted by atomic mass is 9.85. The number of rotatable bonds is 4. The second-order valence-corrected chi connectivity index (χ2v) is 5.28. The maximum absolute atomic E-state index is 12.7. The predicted molar refractivity (Wildman–Crippen MR) is 66.9 cm³/mol. The number of carboxylic acid groups (broad SMARTS) is 1. The number of nitrogens with zero attached hydrogens (tertiary/aromatic N) is 3. The molecule has 10 heteroatoms. The number of carbonyl (C=O) groups excluding carboxylic acids is 1. The third kappa shape index (κ3) is 4.18. The first-order valence-corrected chi connectivity index (χ1v) is 6.75. The smallest absolute Gasteiger partial charge is 0.391 e.